The second-order valence-electron chi connectivity index (χ2n) is 4.20. The second-order valence-corrected chi connectivity index (χ2v) is 4.20. The van der Waals surface area contributed by atoms with Crippen LogP contribution >= 0.6 is 0 Å². The van der Waals surface area contributed by atoms with Gasteiger partial charge in [0.25, 0.3) is 0 Å². The Balaban J connectivity index is 2.16. The molecule has 94 valence electrons. The fraction of sp³-hybridized carbons (Fsp3) is 0.727. The average molecular weight is 240 g/mol. The molecule has 2 rings (SSSR count). The van der Waals surface area contributed by atoms with Gasteiger partial charge in [-0.15, -0.1) is 0 Å². The van der Waals surface area contributed by atoms with Crippen molar-refractivity contribution in [2.45, 2.75) is 32.2 Å². The van der Waals surface area contributed by atoms with E-state index in [4.69, 9.17) is 4.74 Å². The summed E-state index contributed by atoms with van der Waals surface area (Å²) in [6.45, 7) is 3.15. The minimum absolute atomic E-state index is 0.120. The molecule has 0 unspecified atom stereocenters. The van der Waals surface area contributed by atoms with Gasteiger partial charge in [-0.3, -0.25) is 19.4 Å². The Morgan fingerprint density at radius 1 is 1.18 bits per heavy atom. The molecule has 2 aliphatic heterocycles. The topological polar surface area (TPSA) is 66.9 Å². The van der Waals surface area contributed by atoms with Gasteiger partial charge in [0.2, 0.25) is 11.8 Å². The predicted octanol–water partition coefficient (Wildman–Crippen LogP) is 0.366. The molecule has 17 heavy (non-hydrogen) atoms. The van der Waals surface area contributed by atoms with Crippen molar-refractivity contribution in [2.24, 2.45) is 0 Å². The van der Waals surface area contributed by atoms with Gasteiger partial charge in [-0.1, -0.05) is 0 Å². The number of barbiturate groups is 1. The van der Waals surface area contributed by atoms with Crippen molar-refractivity contribution in [1.29, 1.82) is 0 Å². The third kappa shape index (κ3) is 2.17. The van der Waals surface area contributed by atoms with Gasteiger partial charge in [0.1, 0.15) is 6.42 Å². The van der Waals surface area contributed by atoms with Gasteiger partial charge in [0.15, 0.2) is 0 Å². The van der Waals surface area contributed by atoms with Gasteiger partial charge in [0, 0.05) is 25.8 Å². The van der Waals surface area contributed by atoms with Crippen molar-refractivity contribution >= 4 is 17.8 Å². The van der Waals surface area contributed by atoms with Crippen molar-refractivity contribution in [1.82, 2.24) is 9.80 Å². The summed E-state index contributed by atoms with van der Waals surface area (Å²) in [6, 6.07) is -0.591. The largest absolute Gasteiger partial charge is 0.381 e. The lowest BCUT2D eigenvalue weighted by Gasteiger charge is -2.38. The summed E-state index contributed by atoms with van der Waals surface area (Å²) in [6.07, 6.45) is 1.11. The molecular formula is C11H16N2O4. The molecule has 0 aliphatic carbocycles. The lowest BCUT2D eigenvalue weighted by atomic mass is 10.1. The van der Waals surface area contributed by atoms with E-state index < -0.39 is 11.9 Å². The molecule has 4 amide bonds. The summed E-state index contributed by atoms with van der Waals surface area (Å²) >= 11 is 0. The fourth-order valence-corrected chi connectivity index (χ4v) is 2.27. The molecule has 0 radical (unpaired) electrons. The van der Waals surface area contributed by atoms with Crippen molar-refractivity contribution < 1.29 is 19.1 Å². The zero-order chi connectivity index (χ0) is 12.4. The number of amides is 4. The number of carbonyl (C=O) groups excluding carboxylic acids is 3. The first-order valence-corrected chi connectivity index (χ1v) is 5.89. The maximum Gasteiger partial charge on any atom is 0.333 e. The molecule has 0 aromatic heterocycles. The van der Waals surface area contributed by atoms with Crippen molar-refractivity contribution in [3.05, 3.63) is 0 Å². The zero-order valence-corrected chi connectivity index (χ0v) is 9.85. The number of nitrogens with zero attached hydrogens (tertiary/aromatic N) is 2. The smallest absolute Gasteiger partial charge is 0.333 e. The Kier molecular flexibility index (Phi) is 3.42. The van der Waals surface area contributed by atoms with Gasteiger partial charge >= 0.3 is 6.03 Å². The molecule has 2 fully saturated rings. The Labute approximate surface area is 99.5 Å². The van der Waals surface area contributed by atoms with E-state index in [0.717, 1.165) is 4.90 Å². The normalized spacial score (nSPS) is 23.5. The van der Waals surface area contributed by atoms with Crippen molar-refractivity contribution in [3.8, 4) is 0 Å². The van der Waals surface area contributed by atoms with E-state index >= 15 is 0 Å². The van der Waals surface area contributed by atoms with E-state index in [9.17, 15) is 14.4 Å². The molecular weight excluding hydrogens is 224 g/mol. The van der Waals surface area contributed by atoms with Crippen LogP contribution in [0.5, 0.6) is 0 Å². The summed E-state index contributed by atoms with van der Waals surface area (Å²) in [5.74, 6) is -0.776. The highest BCUT2D eigenvalue weighted by Gasteiger charge is 2.41. The van der Waals surface area contributed by atoms with Crippen LogP contribution in [0.2, 0.25) is 0 Å². The fourth-order valence-electron chi connectivity index (χ4n) is 2.27. The molecule has 0 bridgehead atoms. The standard InChI is InChI=1S/C11H16N2O4/c1-2-12-9(14)7-10(15)13(11(12)16)8-3-5-17-6-4-8/h8H,2-7H2,1H3. The van der Waals surface area contributed by atoms with Gasteiger partial charge in [-0.25, -0.2) is 4.79 Å². The highest BCUT2D eigenvalue weighted by Crippen LogP contribution is 2.21. The lowest BCUT2D eigenvalue weighted by Crippen LogP contribution is -2.59. The molecule has 0 spiro atoms. The van der Waals surface area contributed by atoms with Crippen LogP contribution in [0.15, 0.2) is 0 Å². The number of carbonyl (C=O) groups is 3. The van der Waals surface area contributed by atoms with E-state index in [1.165, 1.54) is 4.90 Å². The summed E-state index contributed by atoms with van der Waals surface area (Å²) < 4.78 is 5.21. The van der Waals surface area contributed by atoms with Crippen molar-refractivity contribution in [3.63, 3.8) is 0 Å². The molecule has 0 N–H and O–H groups in total. The van der Waals surface area contributed by atoms with Crippen LogP contribution in [0, 0.1) is 0 Å². The molecule has 2 aliphatic rings. The van der Waals surface area contributed by atoms with Gasteiger partial charge in [0.05, 0.1) is 0 Å². The maximum atomic E-state index is 12.0. The molecule has 0 atom stereocenters. The molecule has 0 saturated carbocycles. The third-order valence-corrected chi connectivity index (χ3v) is 3.18. The van der Waals surface area contributed by atoms with Gasteiger partial charge in [-0.05, 0) is 19.8 Å². The molecule has 2 heterocycles. The van der Waals surface area contributed by atoms with E-state index in [0.29, 0.717) is 32.6 Å². The Morgan fingerprint density at radius 2 is 1.82 bits per heavy atom. The van der Waals surface area contributed by atoms with Crippen LogP contribution in [0.25, 0.3) is 0 Å². The molecule has 0 aromatic rings. The Morgan fingerprint density at radius 3 is 2.41 bits per heavy atom. The first kappa shape index (κ1) is 12.0. The number of imide groups is 2. The van der Waals surface area contributed by atoms with E-state index in [1.807, 2.05) is 0 Å². The second kappa shape index (κ2) is 4.83. The van der Waals surface area contributed by atoms with E-state index in [-0.39, 0.29) is 18.4 Å². The van der Waals surface area contributed by atoms with Gasteiger partial charge in [-0.2, -0.15) is 0 Å². The Bertz CT molecular complexity index is 349. The van der Waals surface area contributed by atoms with Crippen molar-refractivity contribution in [2.75, 3.05) is 19.8 Å². The molecule has 2 saturated heterocycles. The number of urea groups is 1. The molecule has 6 nitrogen and oxygen atoms in total. The van der Waals surface area contributed by atoms with Crippen LogP contribution in [-0.4, -0.2) is 53.4 Å². The third-order valence-electron chi connectivity index (χ3n) is 3.18. The van der Waals surface area contributed by atoms with Crippen LogP contribution in [0.1, 0.15) is 26.2 Å². The number of hydrogen-bond donors (Lipinski definition) is 0. The average Bonchev–Trinajstić information content (AvgIpc) is 2.30. The first-order chi connectivity index (χ1) is 8.15. The van der Waals surface area contributed by atoms with Crippen LogP contribution < -0.4 is 0 Å². The summed E-state index contributed by atoms with van der Waals surface area (Å²) in [4.78, 5) is 37.7. The van der Waals surface area contributed by atoms with Gasteiger partial charge < -0.3 is 4.74 Å². The van der Waals surface area contributed by atoms with Crippen LogP contribution in [0.3, 0.4) is 0 Å². The molecule has 6 heteroatoms. The molecule has 0 aromatic carbocycles. The Hall–Kier alpha value is -1.43. The first-order valence-electron chi connectivity index (χ1n) is 5.89. The lowest BCUT2D eigenvalue weighted by molar-refractivity contribution is -0.144. The number of rotatable bonds is 2. The van der Waals surface area contributed by atoms with E-state index in [1.54, 1.807) is 6.92 Å². The van der Waals surface area contributed by atoms with Crippen LogP contribution in [0.4, 0.5) is 4.79 Å². The summed E-state index contributed by atoms with van der Waals surface area (Å²) in [5, 5.41) is 0. The number of ether oxygens (including phenoxy) is 1. The number of hydrogen-bond acceptors (Lipinski definition) is 4. The van der Waals surface area contributed by atoms with E-state index in [2.05, 4.69) is 0 Å². The predicted molar refractivity (Wildman–Crippen MR) is 58.1 cm³/mol. The minimum atomic E-state index is -0.472. The summed E-state index contributed by atoms with van der Waals surface area (Å²) in [7, 11) is 0. The minimum Gasteiger partial charge on any atom is -0.381 e. The maximum absolute atomic E-state index is 12.0. The zero-order valence-electron chi connectivity index (χ0n) is 9.85. The monoisotopic (exact) mass is 240 g/mol. The summed E-state index contributed by atoms with van der Waals surface area (Å²) in [5.41, 5.74) is 0. The quantitative estimate of drug-likeness (QED) is 0.654. The highest BCUT2D eigenvalue weighted by atomic mass is 16.5. The highest BCUT2D eigenvalue weighted by molar-refractivity contribution is 6.14. The van der Waals surface area contributed by atoms with Crippen LogP contribution in [-0.2, 0) is 14.3 Å². The SMILES string of the molecule is CCN1C(=O)CC(=O)N(C2CCOCC2)C1=O.